The number of nitrogens with zero attached hydrogens (tertiary/aromatic N) is 4. The van der Waals surface area contributed by atoms with Crippen molar-refractivity contribution in [1.29, 1.82) is 5.26 Å². The van der Waals surface area contributed by atoms with Gasteiger partial charge in [0.1, 0.15) is 6.07 Å². The van der Waals surface area contributed by atoms with Gasteiger partial charge in [-0.05, 0) is 62.6 Å². The lowest BCUT2D eigenvalue weighted by molar-refractivity contribution is -0.111. The third kappa shape index (κ3) is 6.67. The molecule has 0 fully saturated rings. The lowest BCUT2D eigenvalue weighted by Crippen LogP contribution is -2.13. The molecule has 0 aliphatic carbocycles. The summed E-state index contributed by atoms with van der Waals surface area (Å²) in [6, 6.07) is 23.8. The first-order chi connectivity index (χ1) is 20.4. The second kappa shape index (κ2) is 12.6. The third-order valence-corrected chi connectivity index (χ3v) is 6.28. The van der Waals surface area contributed by atoms with E-state index in [1.807, 2.05) is 55.5 Å². The fraction of sp³-hybridized carbons (Fsp3) is 0.0938. The Morgan fingerprint density at radius 1 is 0.976 bits per heavy atom. The molecular formula is C32H28N8O2. The van der Waals surface area contributed by atoms with Gasteiger partial charge in [0.05, 0.1) is 17.5 Å². The maximum Gasteiger partial charge on any atom is 0.255 e. The van der Waals surface area contributed by atoms with Crippen LogP contribution in [0.1, 0.15) is 15.9 Å². The van der Waals surface area contributed by atoms with E-state index < -0.39 is 0 Å². The summed E-state index contributed by atoms with van der Waals surface area (Å²) in [6.07, 6.45) is 6.58. The second-order valence-corrected chi connectivity index (χ2v) is 9.71. The van der Waals surface area contributed by atoms with Crippen molar-refractivity contribution in [2.45, 2.75) is 0 Å². The number of carbonyl (C=O) groups is 2. The monoisotopic (exact) mass is 556 g/mol. The average Bonchev–Trinajstić information content (AvgIpc) is 3.41. The number of para-hydroxylation sites is 1. The first kappa shape index (κ1) is 27.8. The van der Waals surface area contributed by atoms with Gasteiger partial charge in [-0.15, -0.1) is 0 Å². The number of fused-ring (bicyclic) bond motifs is 1. The highest BCUT2D eigenvalue weighted by molar-refractivity contribution is 6.05. The summed E-state index contributed by atoms with van der Waals surface area (Å²) in [5.74, 6) is -0.225. The van der Waals surface area contributed by atoms with Crippen molar-refractivity contribution in [3.8, 4) is 17.3 Å². The Morgan fingerprint density at radius 2 is 1.76 bits per heavy atom. The van der Waals surface area contributed by atoms with Crippen LogP contribution in [0.5, 0.6) is 0 Å². The Kier molecular flexibility index (Phi) is 8.32. The molecular weight excluding hydrogens is 528 g/mol. The molecule has 208 valence electrons. The van der Waals surface area contributed by atoms with Gasteiger partial charge in [-0.3, -0.25) is 9.59 Å². The minimum absolute atomic E-state index is 0.238. The Hall–Kier alpha value is -5.79. The SMILES string of the molecule is CN(C)CC=CC(=O)Nc1ccc(C(=O)Nc2cccc(Nc3ncc(C#N)c(-c4c[nH]c5ccccc45)n3)c2)cc1. The first-order valence-electron chi connectivity index (χ1n) is 13.1. The Morgan fingerprint density at radius 3 is 2.55 bits per heavy atom. The highest BCUT2D eigenvalue weighted by Crippen LogP contribution is 2.30. The van der Waals surface area contributed by atoms with Gasteiger partial charge in [0, 0.05) is 57.9 Å². The predicted molar refractivity (Wildman–Crippen MR) is 164 cm³/mol. The van der Waals surface area contributed by atoms with Gasteiger partial charge < -0.3 is 25.8 Å². The maximum atomic E-state index is 12.9. The minimum Gasteiger partial charge on any atom is -0.360 e. The van der Waals surface area contributed by atoms with Crippen LogP contribution in [0, 0.1) is 11.3 Å². The van der Waals surface area contributed by atoms with E-state index in [9.17, 15) is 14.9 Å². The summed E-state index contributed by atoms with van der Waals surface area (Å²) in [5.41, 5.74) is 4.88. The van der Waals surface area contributed by atoms with Crippen molar-refractivity contribution in [3.05, 3.63) is 108 Å². The number of H-pyrrole nitrogens is 1. The summed E-state index contributed by atoms with van der Waals surface area (Å²) in [5, 5.41) is 19.4. The number of rotatable bonds is 9. The first-order valence-corrected chi connectivity index (χ1v) is 13.1. The highest BCUT2D eigenvalue weighted by Gasteiger charge is 2.14. The van der Waals surface area contributed by atoms with Crippen molar-refractivity contribution in [3.63, 3.8) is 0 Å². The molecule has 2 amide bonds. The lowest BCUT2D eigenvalue weighted by Gasteiger charge is -2.10. The number of amides is 2. The standard InChI is InChI=1S/C32H28N8O2/c1-40(2)16-6-11-29(41)36-23-14-12-21(13-15-23)31(42)37-24-7-5-8-25(17-24)38-32-35-19-22(18-33)30(39-32)27-20-34-28-10-4-3-9-26(27)28/h3-15,17,19-20,34H,16H2,1-2H3,(H,36,41)(H,37,42)(H,35,38,39). The van der Waals surface area contributed by atoms with E-state index in [0.717, 1.165) is 16.5 Å². The molecule has 0 aliphatic rings. The molecule has 4 N–H and O–H groups in total. The predicted octanol–water partition coefficient (Wildman–Crippen LogP) is 5.55. The van der Waals surface area contributed by atoms with Crippen LogP contribution in [0.3, 0.4) is 0 Å². The molecule has 0 atom stereocenters. The fourth-order valence-corrected chi connectivity index (χ4v) is 4.26. The van der Waals surface area contributed by atoms with Crippen LogP contribution in [0.25, 0.3) is 22.2 Å². The van der Waals surface area contributed by atoms with E-state index in [1.54, 1.807) is 48.5 Å². The van der Waals surface area contributed by atoms with Crippen molar-refractivity contribution >= 4 is 45.7 Å². The number of benzene rings is 3. The van der Waals surface area contributed by atoms with E-state index in [2.05, 4.69) is 37.0 Å². The fourth-order valence-electron chi connectivity index (χ4n) is 4.26. The summed E-state index contributed by atoms with van der Waals surface area (Å²) < 4.78 is 0. The Balaban J connectivity index is 1.26. The molecule has 2 heterocycles. The molecule has 3 aromatic carbocycles. The van der Waals surface area contributed by atoms with E-state index in [1.165, 1.54) is 12.3 Å². The molecule has 0 unspecified atom stereocenters. The second-order valence-electron chi connectivity index (χ2n) is 9.71. The van der Waals surface area contributed by atoms with Gasteiger partial charge in [-0.2, -0.15) is 5.26 Å². The van der Waals surface area contributed by atoms with Gasteiger partial charge in [0.25, 0.3) is 5.91 Å². The van der Waals surface area contributed by atoms with E-state index in [4.69, 9.17) is 0 Å². The average molecular weight is 557 g/mol. The quantitative estimate of drug-likeness (QED) is 0.175. The molecule has 2 aromatic heterocycles. The summed E-state index contributed by atoms with van der Waals surface area (Å²) in [4.78, 5) is 39.0. The number of nitriles is 1. The van der Waals surface area contributed by atoms with Gasteiger partial charge in [0.15, 0.2) is 0 Å². The molecule has 5 rings (SSSR count). The Bertz CT molecular complexity index is 1820. The highest BCUT2D eigenvalue weighted by atomic mass is 16.2. The van der Waals surface area contributed by atoms with Crippen LogP contribution < -0.4 is 16.0 Å². The molecule has 0 spiro atoms. The molecule has 0 bridgehead atoms. The zero-order valence-corrected chi connectivity index (χ0v) is 23.1. The number of aromatic amines is 1. The summed E-state index contributed by atoms with van der Waals surface area (Å²) in [6.45, 7) is 0.662. The van der Waals surface area contributed by atoms with E-state index in [0.29, 0.717) is 46.4 Å². The number of likely N-dealkylation sites (N-methyl/N-ethyl adjacent to an activating group) is 1. The molecule has 10 nitrogen and oxygen atoms in total. The Labute approximate surface area is 242 Å². The van der Waals surface area contributed by atoms with Crippen LogP contribution in [0.4, 0.5) is 23.0 Å². The molecule has 42 heavy (non-hydrogen) atoms. The van der Waals surface area contributed by atoms with Crippen molar-refractivity contribution in [1.82, 2.24) is 19.9 Å². The van der Waals surface area contributed by atoms with Gasteiger partial charge >= 0.3 is 0 Å². The maximum absolute atomic E-state index is 12.9. The summed E-state index contributed by atoms with van der Waals surface area (Å²) >= 11 is 0. The number of carbonyl (C=O) groups excluding carboxylic acids is 2. The van der Waals surface area contributed by atoms with Crippen LogP contribution in [0.2, 0.25) is 0 Å². The normalized spacial score (nSPS) is 11.0. The van der Waals surface area contributed by atoms with Crippen molar-refractivity contribution < 1.29 is 9.59 Å². The molecule has 5 aromatic rings. The smallest absolute Gasteiger partial charge is 0.255 e. The molecule has 0 radical (unpaired) electrons. The number of aromatic nitrogens is 3. The topological polar surface area (TPSA) is 139 Å². The number of nitrogens with one attached hydrogen (secondary N) is 4. The minimum atomic E-state index is -0.299. The van der Waals surface area contributed by atoms with Crippen molar-refractivity contribution in [2.75, 3.05) is 36.6 Å². The zero-order valence-electron chi connectivity index (χ0n) is 23.1. The third-order valence-electron chi connectivity index (χ3n) is 6.28. The molecule has 0 aliphatic heterocycles. The van der Waals surface area contributed by atoms with E-state index >= 15 is 0 Å². The lowest BCUT2D eigenvalue weighted by atomic mass is 10.1. The molecule has 10 heteroatoms. The van der Waals surface area contributed by atoms with Crippen LogP contribution in [0.15, 0.2) is 97.3 Å². The van der Waals surface area contributed by atoms with Gasteiger partial charge in [0.2, 0.25) is 11.9 Å². The van der Waals surface area contributed by atoms with Crippen LogP contribution in [-0.2, 0) is 4.79 Å². The number of anilines is 4. The zero-order chi connectivity index (χ0) is 29.5. The van der Waals surface area contributed by atoms with E-state index in [-0.39, 0.29) is 11.8 Å². The number of hydrogen-bond donors (Lipinski definition) is 4. The molecule has 0 saturated heterocycles. The van der Waals surface area contributed by atoms with Crippen LogP contribution >= 0.6 is 0 Å². The van der Waals surface area contributed by atoms with Crippen molar-refractivity contribution in [2.24, 2.45) is 0 Å². The van der Waals surface area contributed by atoms with Gasteiger partial charge in [-0.25, -0.2) is 9.97 Å². The largest absolute Gasteiger partial charge is 0.360 e. The molecule has 0 saturated carbocycles. The van der Waals surface area contributed by atoms with Gasteiger partial charge in [-0.1, -0.05) is 30.3 Å². The number of hydrogen-bond acceptors (Lipinski definition) is 7. The summed E-state index contributed by atoms with van der Waals surface area (Å²) in [7, 11) is 3.84. The van der Waals surface area contributed by atoms with Crippen LogP contribution in [-0.4, -0.2) is 52.3 Å².